The number of hydrogen-bond donors (Lipinski definition) is 3. The van der Waals surface area contributed by atoms with Crippen molar-refractivity contribution in [3.63, 3.8) is 0 Å². The minimum Gasteiger partial charge on any atom is -0.477 e. The van der Waals surface area contributed by atoms with Crippen LogP contribution in [0.25, 0.3) is 0 Å². The van der Waals surface area contributed by atoms with Gasteiger partial charge in [0.25, 0.3) is 0 Å². The Morgan fingerprint density at radius 2 is 1.79 bits per heavy atom. The molecular formula is C6H8F3NO4. The van der Waals surface area contributed by atoms with Crippen molar-refractivity contribution >= 4 is 11.9 Å². The van der Waals surface area contributed by atoms with E-state index in [0.717, 1.165) is 5.32 Å². The summed E-state index contributed by atoms with van der Waals surface area (Å²) in [7, 11) is 0. The molecule has 0 aromatic rings. The molecule has 0 saturated carbocycles. The maximum Gasteiger partial charge on any atom is 0.448 e. The van der Waals surface area contributed by atoms with Gasteiger partial charge in [-0.2, -0.15) is 13.2 Å². The molecule has 0 unspecified atom stereocenters. The second-order valence-electron chi connectivity index (χ2n) is 2.42. The van der Waals surface area contributed by atoms with E-state index in [1.165, 1.54) is 6.92 Å². The lowest BCUT2D eigenvalue weighted by Gasteiger charge is -2.26. The first-order chi connectivity index (χ1) is 6.15. The van der Waals surface area contributed by atoms with Crippen LogP contribution in [-0.4, -0.2) is 34.0 Å². The average molecular weight is 215 g/mol. The molecule has 14 heavy (non-hydrogen) atoms. The first kappa shape index (κ1) is 12.7. The summed E-state index contributed by atoms with van der Waals surface area (Å²) in [5, 5.41) is 17.8. The molecule has 8 heteroatoms. The van der Waals surface area contributed by atoms with Crippen LogP contribution in [0.5, 0.6) is 0 Å². The largest absolute Gasteiger partial charge is 0.477 e. The number of alkyl halides is 3. The fourth-order valence-corrected chi connectivity index (χ4v) is 0.536. The van der Waals surface area contributed by atoms with Crippen LogP contribution >= 0.6 is 0 Å². The predicted octanol–water partition coefficient (Wildman–Crippen LogP) is -0.152. The number of carbonyl (C=O) groups is 2. The molecule has 3 N–H and O–H groups in total. The molecule has 0 spiro atoms. The Kier molecular flexibility index (Phi) is 3.47. The highest BCUT2D eigenvalue weighted by molar-refractivity contribution is 5.86. The van der Waals surface area contributed by atoms with Crippen molar-refractivity contribution in [2.75, 3.05) is 0 Å². The SMILES string of the molecule is CCC(=O)N[C@](O)(C(=O)O)C(F)(F)F. The second kappa shape index (κ2) is 3.82. The third-order valence-corrected chi connectivity index (χ3v) is 1.36. The highest BCUT2D eigenvalue weighted by atomic mass is 19.4. The number of rotatable bonds is 3. The minimum absolute atomic E-state index is 0.369. The number of aliphatic carboxylic acids is 1. The van der Waals surface area contributed by atoms with Gasteiger partial charge in [-0.05, 0) is 0 Å². The van der Waals surface area contributed by atoms with Crippen LogP contribution in [0.15, 0.2) is 0 Å². The van der Waals surface area contributed by atoms with Gasteiger partial charge in [0.05, 0.1) is 0 Å². The van der Waals surface area contributed by atoms with Crippen LogP contribution in [0, 0.1) is 0 Å². The number of hydrogen-bond acceptors (Lipinski definition) is 3. The lowest BCUT2D eigenvalue weighted by Crippen LogP contribution is -2.64. The number of amides is 1. The molecule has 0 aromatic carbocycles. The van der Waals surface area contributed by atoms with Gasteiger partial charge in [0.2, 0.25) is 5.91 Å². The van der Waals surface area contributed by atoms with Crippen molar-refractivity contribution in [1.82, 2.24) is 5.32 Å². The van der Waals surface area contributed by atoms with E-state index in [-0.39, 0.29) is 6.42 Å². The highest BCUT2D eigenvalue weighted by Gasteiger charge is 2.61. The fraction of sp³-hybridized carbons (Fsp3) is 0.667. The summed E-state index contributed by atoms with van der Waals surface area (Å²) < 4.78 is 36.0. The number of aliphatic hydroxyl groups is 1. The third kappa shape index (κ3) is 2.34. The first-order valence-corrected chi connectivity index (χ1v) is 3.48. The molecule has 0 rings (SSSR count). The Morgan fingerprint density at radius 3 is 2.00 bits per heavy atom. The van der Waals surface area contributed by atoms with Gasteiger partial charge >= 0.3 is 17.9 Å². The first-order valence-electron chi connectivity index (χ1n) is 3.48. The van der Waals surface area contributed by atoms with Crippen LogP contribution in [0.2, 0.25) is 0 Å². The van der Waals surface area contributed by atoms with Crippen LogP contribution < -0.4 is 5.32 Å². The highest BCUT2D eigenvalue weighted by Crippen LogP contribution is 2.28. The van der Waals surface area contributed by atoms with Crippen molar-refractivity contribution in [2.24, 2.45) is 0 Å². The summed E-state index contributed by atoms with van der Waals surface area (Å²) in [5.74, 6) is -3.79. The van der Waals surface area contributed by atoms with Gasteiger partial charge in [0.15, 0.2) is 0 Å². The van der Waals surface area contributed by atoms with Crippen LogP contribution in [0.1, 0.15) is 13.3 Å². The summed E-state index contributed by atoms with van der Waals surface area (Å²) >= 11 is 0. The van der Waals surface area contributed by atoms with Gasteiger partial charge in [0.1, 0.15) is 0 Å². The Hall–Kier alpha value is -1.31. The van der Waals surface area contributed by atoms with Gasteiger partial charge in [-0.3, -0.25) is 4.79 Å². The molecule has 0 radical (unpaired) electrons. The van der Waals surface area contributed by atoms with E-state index in [4.69, 9.17) is 10.2 Å². The zero-order chi connectivity index (χ0) is 11.6. The van der Waals surface area contributed by atoms with E-state index < -0.39 is 23.8 Å². The standard InChI is InChI=1S/C6H8F3NO4/c1-2-3(11)10-5(14,4(12)13)6(7,8)9/h14H,2H2,1H3,(H,10,11)(H,12,13)/t5-/m0/s1. The van der Waals surface area contributed by atoms with Crippen LogP contribution in [0.3, 0.4) is 0 Å². The normalized spacial score (nSPS) is 15.8. The molecule has 0 fully saturated rings. The van der Waals surface area contributed by atoms with Crippen molar-refractivity contribution in [3.8, 4) is 0 Å². The smallest absolute Gasteiger partial charge is 0.448 e. The molecular weight excluding hydrogens is 207 g/mol. The molecule has 0 heterocycles. The lowest BCUT2D eigenvalue weighted by molar-refractivity contribution is -0.269. The van der Waals surface area contributed by atoms with Crippen molar-refractivity contribution in [1.29, 1.82) is 0 Å². The molecule has 0 aliphatic heterocycles. The van der Waals surface area contributed by atoms with Crippen molar-refractivity contribution < 1.29 is 33.0 Å². The fourth-order valence-electron chi connectivity index (χ4n) is 0.536. The van der Waals surface area contributed by atoms with Crippen molar-refractivity contribution in [3.05, 3.63) is 0 Å². The number of nitrogens with one attached hydrogen (secondary N) is 1. The topological polar surface area (TPSA) is 86.6 Å². The maximum atomic E-state index is 12.0. The minimum atomic E-state index is -5.47. The number of halogens is 3. The summed E-state index contributed by atoms with van der Waals surface area (Å²) in [6.45, 7) is 1.22. The monoisotopic (exact) mass is 215 g/mol. The Bertz CT molecular complexity index is 252. The Labute approximate surface area is 76.5 Å². The summed E-state index contributed by atoms with van der Waals surface area (Å²) in [6.07, 6.45) is -5.84. The molecule has 0 saturated heterocycles. The Balaban J connectivity index is 4.93. The summed E-state index contributed by atoms with van der Waals surface area (Å²) in [5.41, 5.74) is -4.22. The van der Waals surface area contributed by atoms with Gasteiger partial charge in [-0.25, -0.2) is 4.79 Å². The number of carboxylic acid groups (broad SMARTS) is 1. The molecule has 5 nitrogen and oxygen atoms in total. The number of carbonyl (C=O) groups excluding carboxylic acids is 1. The molecule has 1 amide bonds. The van der Waals surface area contributed by atoms with Gasteiger partial charge in [-0.15, -0.1) is 0 Å². The lowest BCUT2D eigenvalue weighted by atomic mass is 10.2. The predicted molar refractivity (Wildman–Crippen MR) is 37.1 cm³/mol. The number of carboxylic acids is 1. The molecule has 0 aliphatic rings. The van der Waals surface area contributed by atoms with E-state index >= 15 is 0 Å². The average Bonchev–Trinajstić information content (AvgIpc) is 2.01. The third-order valence-electron chi connectivity index (χ3n) is 1.36. The van der Waals surface area contributed by atoms with Gasteiger partial charge in [-0.1, -0.05) is 6.92 Å². The maximum absolute atomic E-state index is 12.0. The van der Waals surface area contributed by atoms with Gasteiger partial charge in [0, 0.05) is 6.42 Å². The summed E-state index contributed by atoms with van der Waals surface area (Å²) in [4.78, 5) is 20.7. The van der Waals surface area contributed by atoms with E-state index in [2.05, 4.69) is 0 Å². The molecule has 0 aliphatic carbocycles. The molecule has 82 valence electrons. The van der Waals surface area contributed by atoms with Crippen LogP contribution in [-0.2, 0) is 9.59 Å². The zero-order valence-corrected chi connectivity index (χ0v) is 7.05. The summed E-state index contributed by atoms with van der Waals surface area (Å²) in [6, 6.07) is 0. The quantitative estimate of drug-likeness (QED) is 0.571. The van der Waals surface area contributed by atoms with E-state index in [0.29, 0.717) is 0 Å². The molecule has 0 bridgehead atoms. The molecule has 1 atom stereocenters. The van der Waals surface area contributed by atoms with E-state index in [1.807, 2.05) is 0 Å². The van der Waals surface area contributed by atoms with E-state index in [1.54, 1.807) is 0 Å². The Morgan fingerprint density at radius 1 is 1.36 bits per heavy atom. The molecule has 0 aromatic heterocycles. The second-order valence-corrected chi connectivity index (χ2v) is 2.42. The van der Waals surface area contributed by atoms with Crippen LogP contribution in [0.4, 0.5) is 13.2 Å². The zero-order valence-electron chi connectivity index (χ0n) is 7.05. The van der Waals surface area contributed by atoms with E-state index in [9.17, 15) is 22.8 Å². The van der Waals surface area contributed by atoms with Crippen molar-refractivity contribution in [2.45, 2.75) is 25.2 Å². The van der Waals surface area contributed by atoms with Gasteiger partial charge < -0.3 is 15.5 Å².